The number of nitrogens with zero attached hydrogens (tertiary/aromatic N) is 5. The Balaban J connectivity index is 1.45. The SMILES string of the molecule is CS(=O)(=O)C[C@H]1CN(c2nc(-c3ccnc(C4=C(F)CC(F)C=C4)c3)nc3cncc(C4CC4)c23)CCN1. The molecule has 2 aliphatic carbocycles. The van der Waals surface area contributed by atoms with Gasteiger partial charge in [-0.2, -0.15) is 0 Å². The molecule has 3 aliphatic rings. The smallest absolute Gasteiger partial charge is 0.162 e. The summed E-state index contributed by atoms with van der Waals surface area (Å²) in [5.74, 6) is 1.09. The second kappa shape index (κ2) is 9.77. The Morgan fingerprint density at radius 3 is 2.82 bits per heavy atom. The lowest BCUT2D eigenvalue weighted by atomic mass is 10.0. The zero-order valence-electron chi connectivity index (χ0n) is 20.9. The maximum Gasteiger partial charge on any atom is 0.162 e. The average Bonchev–Trinajstić information content (AvgIpc) is 3.72. The Morgan fingerprint density at radius 2 is 2.05 bits per heavy atom. The van der Waals surface area contributed by atoms with E-state index in [0.29, 0.717) is 48.2 Å². The van der Waals surface area contributed by atoms with Crippen LogP contribution in [0.5, 0.6) is 0 Å². The van der Waals surface area contributed by atoms with E-state index in [4.69, 9.17) is 9.97 Å². The molecule has 0 radical (unpaired) electrons. The zero-order chi connectivity index (χ0) is 26.4. The van der Waals surface area contributed by atoms with E-state index in [1.54, 1.807) is 24.5 Å². The van der Waals surface area contributed by atoms with E-state index in [1.165, 1.54) is 18.4 Å². The lowest BCUT2D eigenvalue weighted by Gasteiger charge is -2.35. The van der Waals surface area contributed by atoms with Gasteiger partial charge in [0, 0.05) is 67.3 Å². The van der Waals surface area contributed by atoms with Crippen LogP contribution in [0.3, 0.4) is 0 Å². The van der Waals surface area contributed by atoms with Crippen LogP contribution in [-0.4, -0.2) is 72.2 Å². The predicted molar refractivity (Wildman–Crippen MR) is 143 cm³/mol. The van der Waals surface area contributed by atoms with Crippen molar-refractivity contribution in [2.75, 3.05) is 36.5 Å². The fourth-order valence-electron chi connectivity index (χ4n) is 5.23. The molecule has 0 spiro atoms. The molecular weight excluding hydrogens is 510 g/mol. The second-order valence-corrected chi connectivity index (χ2v) is 12.5. The normalized spacial score (nSPS) is 22.3. The van der Waals surface area contributed by atoms with E-state index >= 15 is 0 Å². The molecule has 0 amide bonds. The maximum atomic E-state index is 14.6. The number of anilines is 1. The van der Waals surface area contributed by atoms with Crippen molar-refractivity contribution in [1.29, 1.82) is 0 Å². The van der Waals surface area contributed by atoms with Gasteiger partial charge in [0.1, 0.15) is 27.7 Å². The van der Waals surface area contributed by atoms with Crippen molar-refractivity contribution in [1.82, 2.24) is 25.3 Å². The van der Waals surface area contributed by atoms with Crippen LogP contribution in [0.2, 0.25) is 0 Å². The van der Waals surface area contributed by atoms with Crippen molar-refractivity contribution in [3.05, 3.63) is 60.0 Å². The van der Waals surface area contributed by atoms with Crippen LogP contribution in [0.4, 0.5) is 14.6 Å². The topological polar surface area (TPSA) is 101 Å². The molecule has 3 aromatic heterocycles. The van der Waals surface area contributed by atoms with E-state index in [-0.39, 0.29) is 23.8 Å². The minimum atomic E-state index is -3.16. The highest BCUT2D eigenvalue weighted by Gasteiger charge is 2.31. The van der Waals surface area contributed by atoms with Crippen LogP contribution in [0.1, 0.15) is 36.4 Å². The Kier molecular flexibility index (Phi) is 6.43. The summed E-state index contributed by atoms with van der Waals surface area (Å²) in [6, 6.07) is 3.25. The fourth-order valence-corrected chi connectivity index (χ4v) is 6.18. The van der Waals surface area contributed by atoms with Gasteiger partial charge >= 0.3 is 0 Å². The Bertz CT molecular complexity index is 1570. The van der Waals surface area contributed by atoms with Gasteiger partial charge in [0.2, 0.25) is 0 Å². The zero-order valence-corrected chi connectivity index (χ0v) is 21.8. The summed E-state index contributed by atoms with van der Waals surface area (Å²) in [6.07, 6.45) is 9.71. The van der Waals surface area contributed by atoms with Crippen molar-refractivity contribution in [2.45, 2.75) is 37.4 Å². The van der Waals surface area contributed by atoms with Gasteiger partial charge < -0.3 is 10.2 Å². The van der Waals surface area contributed by atoms with Gasteiger partial charge in [0.25, 0.3) is 0 Å². The third-order valence-corrected chi connectivity index (χ3v) is 8.13. The number of nitrogens with one attached hydrogen (secondary N) is 1. The first-order chi connectivity index (χ1) is 18.2. The highest BCUT2D eigenvalue weighted by molar-refractivity contribution is 7.90. The molecule has 1 N–H and O–H groups in total. The van der Waals surface area contributed by atoms with E-state index in [9.17, 15) is 17.2 Å². The molecule has 1 aliphatic heterocycles. The van der Waals surface area contributed by atoms with Crippen LogP contribution in [0, 0.1) is 0 Å². The van der Waals surface area contributed by atoms with Crippen molar-refractivity contribution in [2.24, 2.45) is 0 Å². The molecule has 2 fully saturated rings. The van der Waals surface area contributed by atoms with Crippen LogP contribution >= 0.6 is 0 Å². The molecule has 1 saturated heterocycles. The number of rotatable bonds is 6. The minimum Gasteiger partial charge on any atom is -0.353 e. The van der Waals surface area contributed by atoms with Gasteiger partial charge in [0.05, 0.1) is 23.2 Å². The molecule has 198 valence electrons. The molecule has 1 unspecified atom stereocenters. The summed E-state index contributed by atoms with van der Waals surface area (Å²) in [5, 5.41) is 4.25. The average molecular weight is 539 g/mol. The van der Waals surface area contributed by atoms with Gasteiger partial charge in [-0.3, -0.25) is 9.97 Å². The molecular formula is C27H28F2N6O2S. The molecule has 11 heteroatoms. The number of hydrogen-bond acceptors (Lipinski definition) is 8. The quantitative estimate of drug-likeness (QED) is 0.506. The molecule has 38 heavy (non-hydrogen) atoms. The Morgan fingerprint density at radius 1 is 1.21 bits per heavy atom. The van der Waals surface area contributed by atoms with Crippen LogP contribution in [-0.2, 0) is 9.84 Å². The number of halogens is 2. The molecule has 0 aromatic carbocycles. The first-order valence-electron chi connectivity index (χ1n) is 12.7. The number of hydrogen-bond donors (Lipinski definition) is 1. The van der Waals surface area contributed by atoms with E-state index < -0.39 is 21.8 Å². The summed E-state index contributed by atoms with van der Waals surface area (Å²) >= 11 is 0. The predicted octanol–water partition coefficient (Wildman–Crippen LogP) is 3.77. The fraction of sp³-hybridized carbons (Fsp3) is 0.407. The number of aromatic nitrogens is 4. The molecule has 6 rings (SSSR count). The number of sulfone groups is 1. The highest BCUT2D eigenvalue weighted by atomic mass is 32.2. The summed E-state index contributed by atoms with van der Waals surface area (Å²) in [4.78, 5) is 20.7. The molecule has 4 heterocycles. The van der Waals surface area contributed by atoms with Crippen molar-refractivity contribution < 1.29 is 17.2 Å². The maximum absolute atomic E-state index is 14.6. The van der Waals surface area contributed by atoms with Crippen LogP contribution in [0.15, 0.2) is 48.7 Å². The number of allylic oxidation sites excluding steroid dienone is 4. The number of piperazine rings is 1. The number of fused-ring (bicyclic) bond motifs is 1. The van der Waals surface area contributed by atoms with E-state index in [2.05, 4.69) is 20.2 Å². The van der Waals surface area contributed by atoms with E-state index in [1.807, 2.05) is 6.20 Å². The summed E-state index contributed by atoms with van der Waals surface area (Å²) in [7, 11) is -3.16. The monoisotopic (exact) mass is 538 g/mol. The van der Waals surface area contributed by atoms with Gasteiger partial charge in [-0.05, 0) is 42.5 Å². The van der Waals surface area contributed by atoms with Crippen LogP contribution < -0.4 is 10.2 Å². The molecule has 3 aromatic rings. The highest BCUT2D eigenvalue weighted by Crippen LogP contribution is 2.45. The van der Waals surface area contributed by atoms with Crippen molar-refractivity contribution >= 4 is 32.1 Å². The van der Waals surface area contributed by atoms with Crippen LogP contribution in [0.25, 0.3) is 27.9 Å². The first kappa shape index (κ1) is 25.0. The first-order valence-corrected chi connectivity index (χ1v) is 14.8. The number of pyridine rings is 2. The van der Waals surface area contributed by atoms with Gasteiger partial charge in [0.15, 0.2) is 5.82 Å². The summed E-state index contributed by atoms with van der Waals surface area (Å²) < 4.78 is 52.2. The second-order valence-electron chi connectivity index (χ2n) is 10.3. The molecule has 2 atom stereocenters. The third kappa shape index (κ3) is 5.17. The van der Waals surface area contributed by atoms with Gasteiger partial charge in [-0.25, -0.2) is 27.2 Å². The lowest BCUT2D eigenvalue weighted by molar-refractivity contribution is 0.370. The Hall–Kier alpha value is -3.31. The number of alkyl halides is 1. The standard InChI is InChI=1S/C27H28F2N6O2S/c1-38(36,37)15-19-14-35(9-8-31-19)27-25-21(16-2-3-16)12-30-13-24(25)33-26(34-27)17-6-7-32-23(10-17)20-5-4-18(28)11-22(20)29/h4-7,10,12-13,16,18-19,31H,2-3,8-9,11,14-15H2,1H3/t18?,19-/m1/s1. The minimum absolute atomic E-state index is 0.0397. The van der Waals surface area contributed by atoms with E-state index in [0.717, 1.165) is 29.6 Å². The molecule has 0 bridgehead atoms. The van der Waals surface area contributed by atoms with Gasteiger partial charge in [-0.15, -0.1) is 0 Å². The van der Waals surface area contributed by atoms with Crippen molar-refractivity contribution in [3.63, 3.8) is 0 Å². The lowest BCUT2D eigenvalue weighted by Crippen LogP contribution is -2.53. The van der Waals surface area contributed by atoms with Gasteiger partial charge in [-0.1, -0.05) is 6.08 Å². The summed E-state index contributed by atoms with van der Waals surface area (Å²) in [5.41, 5.74) is 3.10. The summed E-state index contributed by atoms with van der Waals surface area (Å²) in [6.45, 7) is 1.77. The Labute approximate surface area is 219 Å². The third-order valence-electron chi connectivity index (χ3n) is 7.13. The van der Waals surface area contributed by atoms with Crippen molar-refractivity contribution in [3.8, 4) is 11.4 Å². The largest absolute Gasteiger partial charge is 0.353 e. The molecule has 8 nitrogen and oxygen atoms in total. The molecule has 1 saturated carbocycles.